The van der Waals surface area contributed by atoms with Crippen molar-refractivity contribution in [3.8, 4) is 5.75 Å². The van der Waals surface area contributed by atoms with Crippen LogP contribution in [0.15, 0.2) is 59.2 Å². The molecule has 1 heterocycles. The van der Waals surface area contributed by atoms with Gasteiger partial charge in [-0.05, 0) is 48.0 Å². The van der Waals surface area contributed by atoms with Gasteiger partial charge < -0.3 is 14.2 Å². The number of aliphatic imine (C=N–C) groups is 1. The zero-order valence-electron chi connectivity index (χ0n) is 13.7. The monoisotopic (exact) mass is 337 g/mol. The molecule has 25 heavy (non-hydrogen) atoms. The van der Waals surface area contributed by atoms with Crippen LogP contribution < -0.4 is 4.74 Å². The van der Waals surface area contributed by atoms with Gasteiger partial charge in [0.1, 0.15) is 5.75 Å². The number of nitrogens with zero attached hydrogens (tertiary/aromatic N) is 1. The highest BCUT2D eigenvalue weighted by molar-refractivity contribution is 6.12. The second-order valence-electron chi connectivity index (χ2n) is 5.18. The molecule has 0 aliphatic carbocycles. The van der Waals surface area contributed by atoms with Crippen molar-refractivity contribution in [1.29, 1.82) is 0 Å². The van der Waals surface area contributed by atoms with E-state index in [2.05, 4.69) is 9.73 Å². The Hall–Kier alpha value is -3.41. The van der Waals surface area contributed by atoms with E-state index < -0.39 is 11.9 Å². The molecule has 2 aromatic rings. The van der Waals surface area contributed by atoms with E-state index in [-0.39, 0.29) is 11.6 Å². The van der Waals surface area contributed by atoms with Gasteiger partial charge in [-0.25, -0.2) is 14.6 Å². The van der Waals surface area contributed by atoms with Crippen LogP contribution in [0.1, 0.15) is 21.5 Å². The van der Waals surface area contributed by atoms with Crippen LogP contribution in [0.25, 0.3) is 6.08 Å². The highest BCUT2D eigenvalue weighted by Gasteiger charge is 2.24. The summed E-state index contributed by atoms with van der Waals surface area (Å²) in [6.07, 6.45) is 1.60. The third-order valence-corrected chi connectivity index (χ3v) is 3.59. The maximum atomic E-state index is 12.0. The van der Waals surface area contributed by atoms with E-state index in [1.54, 1.807) is 61.7 Å². The lowest BCUT2D eigenvalue weighted by molar-refractivity contribution is -0.129. The molecule has 0 amide bonds. The Bertz CT molecular complexity index is 864. The maximum absolute atomic E-state index is 12.0. The van der Waals surface area contributed by atoms with Gasteiger partial charge in [0.2, 0.25) is 5.90 Å². The predicted molar refractivity (Wildman–Crippen MR) is 91.4 cm³/mol. The molecule has 6 nitrogen and oxygen atoms in total. The van der Waals surface area contributed by atoms with E-state index in [1.165, 1.54) is 7.11 Å². The summed E-state index contributed by atoms with van der Waals surface area (Å²) >= 11 is 0. The maximum Gasteiger partial charge on any atom is 0.363 e. The van der Waals surface area contributed by atoms with E-state index in [4.69, 9.17) is 9.47 Å². The fourth-order valence-corrected chi connectivity index (χ4v) is 2.26. The Morgan fingerprint density at radius 2 is 1.72 bits per heavy atom. The van der Waals surface area contributed by atoms with E-state index >= 15 is 0 Å². The predicted octanol–water partition coefficient (Wildman–Crippen LogP) is 2.83. The first-order valence-electron chi connectivity index (χ1n) is 7.46. The highest BCUT2D eigenvalue weighted by atomic mass is 16.6. The minimum atomic E-state index is -0.525. The normalized spacial score (nSPS) is 14.9. The van der Waals surface area contributed by atoms with Crippen molar-refractivity contribution < 1.29 is 23.8 Å². The molecule has 6 heteroatoms. The van der Waals surface area contributed by atoms with E-state index in [0.29, 0.717) is 16.9 Å². The molecule has 0 spiro atoms. The number of cyclic esters (lactones) is 1. The lowest BCUT2D eigenvalue weighted by Gasteiger charge is -2.01. The fourth-order valence-electron chi connectivity index (χ4n) is 2.26. The summed E-state index contributed by atoms with van der Waals surface area (Å²) in [7, 11) is 2.90. The standard InChI is InChI=1S/C19H15NO5/c1-23-15-9-7-13(8-10-15)17-20-16(19(22)25-17)11-12-3-5-14(6-4-12)18(21)24-2/h3-11H,1-2H3/b16-11-. The number of carbonyl (C=O) groups excluding carboxylic acids is 2. The molecule has 0 fully saturated rings. The van der Waals surface area contributed by atoms with Crippen LogP contribution in [0, 0.1) is 0 Å². The Morgan fingerprint density at radius 1 is 1.04 bits per heavy atom. The summed E-state index contributed by atoms with van der Waals surface area (Å²) in [5, 5.41) is 0. The second-order valence-corrected chi connectivity index (χ2v) is 5.18. The molecule has 1 aliphatic rings. The van der Waals surface area contributed by atoms with E-state index in [0.717, 1.165) is 5.56 Å². The quantitative estimate of drug-likeness (QED) is 0.633. The van der Waals surface area contributed by atoms with Gasteiger partial charge >= 0.3 is 11.9 Å². The molecule has 0 radical (unpaired) electrons. The number of rotatable bonds is 4. The summed E-state index contributed by atoms with van der Waals surface area (Å²) in [6.45, 7) is 0. The van der Waals surface area contributed by atoms with Gasteiger partial charge in [-0.1, -0.05) is 12.1 Å². The van der Waals surface area contributed by atoms with Crippen molar-refractivity contribution in [2.24, 2.45) is 4.99 Å². The summed E-state index contributed by atoms with van der Waals surface area (Å²) in [6, 6.07) is 13.7. The number of methoxy groups -OCH3 is 2. The molecule has 0 bridgehead atoms. The van der Waals surface area contributed by atoms with Crippen LogP contribution in [0.4, 0.5) is 0 Å². The van der Waals surface area contributed by atoms with Crippen molar-refractivity contribution in [3.05, 3.63) is 70.9 Å². The van der Waals surface area contributed by atoms with Crippen LogP contribution in [0.3, 0.4) is 0 Å². The summed E-state index contributed by atoms with van der Waals surface area (Å²) < 4.78 is 15.0. The minimum Gasteiger partial charge on any atom is -0.497 e. The van der Waals surface area contributed by atoms with Crippen LogP contribution in [0.5, 0.6) is 5.75 Å². The van der Waals surface area contributed by atoms with Crippen molar-refractivity contribution in [3.63, 3.8) is 0 Å². The number of hydrogen-bond acceptors (Lipinski definition) is 6. The van der Waals surface area contributed by atoms with E-state index in [9.17, 15) is 9.59 Å². The molecule has 0 atom stereocenters. The Labute approximate surface area is 144 Å². The topological polar surface area (TPSA) is 74.2 Å². The van der Waals surface area contributed by atoms with Crippen molar-refractivity contribution in [2.45, 2.75) is 0 Å². The highest BCUT2D eigenvalue weighted by Crippen LogP contribution is 2.21. The van der Waals surface area contributed by atoms with Gasteiger partial charge in [0.05, 0.1) is 19.8 Å². The second kappa shape index (κ2) is 7.00. The Kier molecular flexibility index (Phi) is 4.61. The lowest BCUT2D eigenvalue weighted by Crippen LogP contribution is -2.05. The summed E-state index contributed by atoms with van der Waals surface area (Å²) in [5.74, 6) is 0.00220. The third kappa shape index (κ3) is 3.58. The fraction of sp³-hybridized carbons (Fsp3) is 0.105. The third-order valence-electron chi connectivity index (χ3n) is 3.59. The van der Waals surface area contributed by atoms with Gasteiger partial charge in [-0.3, -0.25) is 0 Å². The van der Waals surface area contributed by atoms with Crippen LogP contribution in [-0.2, 0) is 14.3 Å². The number of esters is 2. The molecule has 0 saturated carbocycles. The van der Waals surface area contributed by atoms with Crippen molar-refractivity contribution >= 4 is 23.9 Å². The average molecular weight is 337 g/mol. The smallest absolute Gasteiger partial charge is 0.363 e. The van der Waals surface area contributed by atoms with Gasteiger partial charge in [0, 0.05) is 5.56 Å². The zero-order valence-corrected chi connectivity index (χ0v) is 13.7. The largest absolute Gasteiger partial charge is 0.497 e. The Morgan fingerprint density at radius 3 is 2.32 bits per heavy atom. The number of hydrogen-bond donors (Lipinski definition) is 0. The summed E-state index contributed by atoms with van der Waals surface area (Å²) in [5.41, 5.74) is 2.02. The van der Waals surface area contributed by atoms with Crippen molar-refractivity contribution in [1.82, 2.24) is 0 Å². The molecular formula is C19H15NO5. The number of carbonyl (C=O) groups is 2. The summed E-state index contributed by atoms with van der Waals surface area (Å²) in [4.78, 5) is 27.7. The average Bonchev–Trinajstić information content (AvgIpc) is 3.02. The molecule has 0 aromatic heterocycles. The SMILES string of the molecule is COC(=O)c1ccc(/C=C2\N=C(c3ccc(OC)cc3)OC2=O)cc1. The first kappa shape index (κ1) is 16.4. The number of ether oxygens (including phenoxy) is 3. The van der Waals surface area contributed by atoms with Crippen LogP contribution in [0.2, 0.25) is 0 Å². The molecule has 0 N–H and O–H groups in total. The van der Waals surface area contributed by atoms with Crippen LogP contribution in [-0.4, -0.2) is 32.1 Å². The molecule has 1 aliphatic heterocycles. The van der Waals surface area contributed by atoms with Gasteiger partial charge in [-0.15, -0.1) is 0 Å². The molecule has 3 rings (SSSR count). The molecular weight excluding hydrogens is 322 g/mol. The lowest BCUT2D eigenvalue weighted by atomic mass is 10.1. The zero-order chi connectivity index (χ0) is 17.8. The first-order chi connectivity index (χ1) is 12.1. The minimum absolute atomic E-state index is 0.191. The van der Waals surface area contributed by atoms with Gasteiger partial charge in [0.25, 0.3) is 0 Å². The van der Waals surface area contributed by atoms with Gasteiger partial charge in [-0.2, -0.15) is 0 Å². The van der Waals surface area contributed by atoms with Gasteiger partial charge in [0.15, 0.2) is 5.70 Å². The van der Waals surface area contributed by atoms with E-state index in [1.807, 2.05) is 0 Å². The molecule has 0 unspecified atom stereocenters. The number of benzene rings is 2. The first-order valence-corrected chi connectivity index (χ1v) is 7.46. The molecule has 0 saturated heterocycles. The molecule has 126 valence electrons. The molecule has 2 aromatic carbocycles. The van der Waals surface area contributed by atoms with Crippen LogP contribution >= 0.6 is 0 Å². The Balaban J connectivity index is 1.83. The van der Waals surface area contributed by atoms with Crippen molar-refractivity contribution in [2.75, 3.05) is 14.2 Å².